The SMILES string of the molecule is CCN(Cc1cccc(NC(=O)c2c(C)nn(Cc3ccc(F)cc3)c2Cl)c1)C(=O)C(F)(F)F. The van der Waals surface area contributed by atoms with Gasteiger partial charge in [-0.1, -0.05) is 35.9 Å². The molecule has 0 saturated heterocycles. The standard InChI is InChI=1S/C23H21ClF4N4O2/c1-3-31(22(34)23(26,27)28)12-16-5-4-6-18(11-16)29-21(33)19-14(2)30-32(20(19)24)13-15-7-9-17(25)10-8-15/h4-11H,3,12-13H2,1-2H3,(H,29,33). The monoisotopic (exact) mass is 496 g/mol. The van der Waals surface area contributed by atoms with Crippen molar-refractivity contribution in [3.8, 4) is 0 Å². The van der Waals surface area contributed by atoms with Crippen LogP contribution in [0.4, 0.5) is 23.2 Å². The van der Waals surface area contributed by atoms with Gasteiger partial charge in [0.05, 0.1) is 17.8 Å². The smallest absolute Gasteiger partial charge is 0.331 e. The van der Waals surface area contributed by atoms with Crippen molar-refractivity contribution in [2.75, 3.05) is 11.9 Å². The van der Waals surface area contributed by atoms with E-state index in [1.54, 1.807) is 37.3 Å². The van der Waals surface area contributed by atoms with Crippen molar-refractivity contribution in [3.05, 3.63) is 81.9 Å². The minimum atomic E-state index is -4.97. The van der Waals surface area contributed by atoms with Crippen molar-refractivity contribution in [3.63, 3.8) is 0 Å². The Labute approximate surface area is 198 Å². The molecule has 0 aliphatic carbocycles. The molecule has 180 valence electrons. The van der Waals surface area contributed by atoms with E-state index in [4.69, 9.17) is 11.6 Å². The Balaban J connectivity index is 1.75. The summed E-state index contributed by atoms with van der Waals surface area (Å²) in [6.45, 7) is 2.89. The van der Waals surface area contributed by atoms with Gasteiger partial charge in [-0.05, 0) is 49.2 Å². The average Bonchev–Trinajstić information content (AvgIpc) is 3.05. The number of nitrogens with one attached hydrogen (secondary N) is 1. The molecule has 0 bridgehead atoms. The van der Waals surface area contributed by atoms with Crippen LogP contribution < -0.4 is 5.32 Å². The molecular weight excluding hydrogens is 476 g/mol. The van der Waals surface area contributed by atoms with Crippen LogP contribution in [0.25, 0.3) is 0 Å². The summed E-state index contributed by atoms with van der Waals surface area (Å²) in [4.78, 5) is 25.1. The fourth-order valence-electron chi connectivity index (χ4n) is 3.35. The molecule has 0 radical (unpaired) electrons. The molecule has 34 heavy (non-hydrogen) atoms. The minimum Gasteiger partial charge on any atom is -0.331 e. The van der Waals surface area contributed by atoms with Gasteiger partial charge in [0, 0.05) is 18.8 Å². The summed E-state index contributed by atoms with van der Waals surface area (Å²) in [6.07, 6.45) is -4.97. The number of carbonyl (C=O) groups is 2. The third kappa shape index (κ3) is 5.93. The minimum absolute atomic E-state index is 0.0865. The first kappa shape index (κ1) is 25.2. The lowest BCUT2D eigenvalue weighted by atomic mass is 10.1. The molecule has 1 aromatic heterocycles. The number of amides is 2. The van der Waals surface area contributed by atoms with Gasteiger partial charge in [0.1, 0.15) is 11.0 Å². The number of hydrogen-bond acceptors (Lipinski definition) is 3. The summed E-state index contributed by atoms with van der Waals surface area (Å²) in [7, 11) is 0. The highest BCUT2D eigenvalue weighted by Gasteiger charge is 2.41. The second kappa shape index (κ2) is 10.3. The van der Waals surface area contributed by atoms with Crippen molar-refractivity contribution in [2.45, 2.75) is 33.1 Å². The largest absolute Gasteiger partial charge is 0.471 e. The van der Waals surface area contributed by atoms with Gasteiger partial charge in [0.2, 0.25) is 0 Å². The van der Waals surface area contributed by atoms with Gasteiger partial charge in [-0.3, -0.25) is 9.59 Å². The van der Waals surface area contributed by atoms with E-state index in [9.17, 15) is 27.2 Å². The fraction of sp³-hybridized carbons (Fsp3) is 0.261. The Hall–Kier alpha value is -3.40. The summed E-state index contributed by atoms with van der Waals surface area (Å²) < 4.78 is 52.9. The van der Waals surface area contributed by atoms with Gasteiger partial charge in [-0.2, -0.15) is 18.3 Å². The van der Waals surface area contributed by atoms with Crippen molar-refractivity contribution >= 4 is 29.1 Å². The molecule has 0 atom stereocenters. The lowest BCUT2D eigenvalue weighted by molar-refractivity contribution is -0.185. The third-order valence-electron chi connectivity index (χ3n) is 5.01. The van der Waals surface area contributed by atoms with Gasteiger partial charge in [-0.15, -0.1) is 0 Å². The molecule has 0 spiro atoms. The number of benzene rings is 2. The van der Waals surface area contributed by atoms with E-state index in [0.29, 0.717) is 21.8 Å². The summed E-state index contributed by atoms with van der Waals surface area (Å²) in [5, 5.41) is 7.03. The topological polar surface area (TPSA) is 67.2 Å². The Bertz CT molecular complexity index is 1190. The Kier molecular flexibility index (Phi) is 7.61. The quantitative estimate of drug-likeness (QED) is 0.457. The van der Waals surface area contributed by atoms with Gasteiger partial charge in [-0.25, -0.2) is 9.07 Å². The number of aromatic nitrogens is 2. The van der Waals surface area contributed by atoms with Crippen LogP contribution in [0.3, 0.4) is 0 Å². The highest BCUT2D eigenvalue weighted by atomic mass is 35.5. The molecule has 2 amide bonds. The van der Waals surface area contributed by atoms with Crippen LogP contribution in [0.1, 0.15) is 34.1 Å². The zero-order valence-corrected chi connectivity index (χ0v) is 19.0. The second-order valence-corrected chi connectivity index (χ2v) is 7.86. The van der Waals surface area contributed by atoms with E-state index in [2.05, 4.69) is 10.4 Å². The number of anilines is 1. The van der Waals surface area contributed by atoms with E-state index in [1.807, 2.05) is 0 Å². The zero-order chi connectivity index (χ0) is 25.0. The number of rotatable bonds is 7. The molecule has 0 saturated carbocycles. The molecule has 2 aromatic carbocycles. The lowest BCUT2D eigenvalue weighted by Gasteiger charge is -2.22. The molecule has 6 nitrogen and oxygen atoms in total. The Morgan fingerprint density at radius 2 is 1.79 bits per heavy atom. The van der Waals surface area contributed by atoms with Crippen molar-refractivity contribution in [1.82, 2.24) is 14.7 Å². The number of alkyl halides is 3. The molecule has 0 fully saturated rings. The van der Waals surface area contributed by atoms with Gasteiger partial charge >= 0.3 is 12.1 Å². The maximum Gasteiger partial charge on any atom is 0.471 e. The van der Waals surface area contributed by atoms with Crippen LogP contribution in [0.2, 0.25) is 5.15 Å². The maximum atomic E-state index is 13.1. The third-order valence-corrected chi connectivity index (χ3v) is 5.39. The van der Waals surface area contributed by atoms with Gasteiger partial charge < -0.3 is 10.2 Å². The van der Waals surface area contributed by atoms with Gasteiger partial charge in [0.25, 0.3) is 5.91 Å². The van der Waals surface area contributed by atoms with E-state index >= 15 is 0 Å². The van der Waals surface area contributed by atoms with Crippen LogP contribution in [0.15, 0.2) is 48.5 Å². The van der Waals surface area contributed by atoms with Crippen LogP contribution >= 0.6 is 11.6 Å². The van der Waals surface area contributed by atoms with E-state index in [1.165, 1.54) is 29.8 Å². The molecule has 1 heterocycles. The molecule has 0 aliphatic heterocycles. The van der Waals surface area contributed by atoms with Crippen molar-refractivity contribution in [2.24, 2.45) is 0 Å². The Morgan fingerprint density at radius 3 is 2.41 bits per heavy atom. The Morgan fingerprint density at radius 1 is 1.12 bits per heavy atom. The molecule has 3 rings (SSSR count). The first-order valence-electron chi connectivity index (χ1n) is 10.2. The maximum absolute atomic E-state index is 13.1. The predicted octanol–water partition coefficient (Wildman–Crippen LogP) is 5.20. The van der Waals surface area contributed by atoms with Crippen LogP contribution in [0, 0.1) is 12.7 Å². The summed E-state index contributed by atoms with van der Waals surface area (Å²) in [5.74, 6) is -2.86. The normalized spacial score (nSPS) is 11.4. The summed E-state index contributed by atoms with van der Waals surface area (Å²) >= 11 is 6.38. The molecule has 1 N–H and O–H groups in total. The average molecular weight is 497 g/mol. The highest BCUT2D eigenvalue weighted by Crippen LogP contribution is 2.24. The van der Waals surface area contributed by atoms with Crippen molar-refractivity contribution < 1.29 is 27.2 Å². The fourth-order valence-corrected chi connectivity index (χ4v) is 3.67. The first-order valence-corrected chi connectivity index (χ1v) is 10.6. The predicted molar refractivity (Wildman–Crippen MR) is 119 cm³/mol. The molecule has 0 aliphatic rings. The number of nitrogens with zero attached hydrogens (tertiary/aromatic N) is 3. The highest BCUT2D eigenvalue weighted by molar-refractivity contribution is 6.33. The second-order valence-electron chi connectivity index (χ2n) is 7.51. The van der Waals surface area contributed by atoms with E-state index in [-0.39, 0.29) is 36.2 Å². The lowest BCUT2D eigenvalue weighted by Crippen LogP contribution is -2.40. The molecular formula is C23H21ClF4N4O2. The van der Waals surface area contributed by atoms with Crippen LogP contribution in [0.5, 0.6) is 0 Å². The first-order chi connectivity index (χ1) is 16.0. The van der Waals surface area contributed by atoms with E-state index < -0.39 is 18.0 Å². The van der Waals surface area contributed by atoms with Crippen LogP contribution in [-0.4, -0.2) is 39.2 Å². The number of carbonyl (C=O) groups excluding carboxylic acids is 2. The van der Waals surface area contributed by atoms with E-state index in [0.717, 1.165) is 5.56 Å². The number of halogens is 5. The molecule has 0 unspecified atom stereocenters. The number of hydrogen-bond donors (Lipinski definition) is 1. The summed E-state index contributed by atoms with van der Waals surface area (Å²) in [5.41, 5.74) is 1.97. The molecule has 3 aromatic rings. The van der Waals surface area contributed by atoms with Crippen molar-refractivity contribution in [1.29, 1.82) is 0 Å². The number of aryl methyl sites for hydroxylation is 1. The molecule has 11 heteroatoms. The van der Waals surface area contributed by atoms with Crippen LogP contribution in [-0.2, 0) is 17.9 Å². The zero-order valence-electron chi connectivity index (χ0n) is 18.3. The summed E-state index contributed by atoms with van der Waals surface area (Å²) in [6, 6.07) is 11.9. The van der Waals surface area contributed by atoms with Gasteiger partial charge in [0.15, 0.2) is 0 Å².